The number of hydrogen-bond donors (Lipinski definition) is 1. The van der Waals surface area contributed by atoms with Crippen molar-refractivity contribution in [3.63, 3.8) is 0 Å². The van der Waals surface area contributed by atoms with Crippen LogP contribution in [0.2, 0.25) is 0 Å². The fourth-order valence-corrected chi connectivity index (χ4v) is 1.89. The second-order valence-electron chi connectivity index (χ2n) is 4.27. The summed E-state index contributed by atoms with van der Waals surface area (Å²) >= 11 is 0. The Labute approximate surface area is 107 Å². The summed E-state index contributed by atoms with van der Waals surface area (Å²) in [6.45, 7) is 2.72. The van der Waals surface area contributed by atoms with E-state index in [4.69, 9.17) is 0 Å². The van der Waals surface area contributed by atoms with Gasteiger partial charge in [0, 0.05) is 19.8 Å². The molecule has 0 fully saturated rings. The van der Waals surface area contributed by atoms with E-state index in [0.29, 0.717) is 12.2 Å². The Morgan fingerprint density at radius 2 is 2.11 bits per heavy atom. The van der Waals surface area contributed by atoms with E-state index in [1.165, 1.54) is 11.1 Å². The molecule has 4 heteroatoms. The number of benzene rings is 1. The quantitative estimate of drug-likeness (QED) is 0.888. The van der Waals surface area contributed by atoms with Gasteiger partial charge in [0.2, 0.25) is 0 Å². The number of aryl methyl sites for hydroxylation is 2. The molecule has 0 saturated heterocycles. The van der Waals surface area contributed by atoms with Crippen LogP contribution in [0.3, 0.4) is 0 Å². The maximum atomic E-state index is 11.8. The van der Waals surface area contributed by atoms with Crippen LogP contribution >= 0.6 is 0 Å². The van der Waals surface area contributed by atoms with Crippen LogP contribution < -0.4 is 5.32 Å². The van der Waals surface area contributed by atoms with Crippen molar-refractivity contribution in [3.8, 4) is 0 Å². The Balaban J connectivity index is 1.88. The van der Waals surface area contributed by atoms with Crippen molar-refractivity contribution in [2.75, 3.05) is 6.54 Å². The fourth-order valence-electron chi connectivity index (χ4n) is 1.89. The third-order valence-electron chi connectivity index (χ3n) is 2.99. The molecule has 4 nitrogen and oxygen atoms in total. The topological polar surface area (TPSA) is 46.9 Å². The van der Waals surface area contributed by atoms with Crippen molar-refractivity contribution >= 4 is 5.91 Å². The Morgan fingerprint density at radius 3 is 2.78 bits per heavy atom. The van der Waals surface area contributed by atoms with Crippen molar-refractivity contribution in [1.82, 2.24) is 15.1 Å². The molecule has 1 amide bonds. The summed E-state index contributed by atoms with van der Waals surface area (Å²) in [7, 11) is 1.76. The van der Waals surface area contributed by atoms with Crippen molar-refractivity contribution in [2.45, 2.75) is 13.3 Å². The maximum Gasteiger partial charge on any atom is 0.269 e. The minimum Gasteiger partial charge on any atom is -0.350 e. The third-order valence-corrected chi connectivity index (χ3v) is 2.99. The zero-order chi connectivity index (χ0) is 13.0. The summed E-state index contributed by atoms with van der Waals surface area (Å²) in [5.74, 6) is -0.0800. The lowest BCUT2D eigenvalue weighted by molar-refractivity contribution is 0.0944. The highest BCUT2D eigenvalue weighted by Gasteiger charge is 2.08. The standard InChI is InChI=1S/C14H17N3O/c1-11-5-3-4-6-12(11)7-9-15-14(18)13-8-10-16-17(13)2/h3-6,8,10H,7,9H2,1-2H3,(H,15,18). The molecule has 0 radical (unpaired) electrons. The van der Waals surface area contributed by atoms with Crippen molar-refractivity contribution in [2.24, 2.45) is 7.05 Å². The molecular formula is C14H17N3O. The average molecular weight is 243 g/mol. The van der Waals surface area contributed by atoms with E-state index in [1.807, 2.05) is 12.1 Å². The van der Waals surface area contributed by atoms with Gasteiger partial charge in [0.1, 0.15) is 5.69 Å². The van der Waals surface area contributed by atoms with Crippen molar-refractivity contribution < 1.29 is 4.79 Å². The molecular weight excluding hydrogens is 226 g/mol. The first-order chi connectivity index (χ1) is 8.68. The van der Waals surface area contributed by atoms with Crippen molar-refractivity contribution in [1.29, 1.82) is 0 Å². The fraction of sp³-hybridized carbons (Fsp3) is 0.286. The summed E-state index contributed by atoms with van der Waals surface area (Å²) < 4.78 is 1.57. The van der Waals surface area contributed by atoms with Gasteiger partial charge in [-0.05, 0) is 30.5 Å². The van der Waals surface area contributed by atoms with Gasteiger partial charge in [-0.1, -0.05) is 24.3 Å². The van der Waals surface area contributed by atoms with Crippen LogP contribution in [0, 0.1) is 6.92 Å². The molecule has 1 aromatic carbocycles. The van der Waals surface area contributed by atoms with E-state index in [1.54, 1.807) is 24.0 Å². The zero-order valence-corrected chi connectivity index (χ0v) is 10.7. The summed E-state index contributed by atoms with van der Waals surface area (Å²) in [6, 6.07) is 9.92. The Morgan fingerprint density at radius 1 is 1.33 bits per heavy atom. The van der Waals surface area contributed by atoms with Gasteiger partial charge in [-0.3, -0.25) is 9.48 Å². The van der Waals surface area contributed by atoms with Crippen LogP contribution in [0.5, 0.6) is 0 Å². The number of aromatic nitrogens is 2. The first-order valence-corrected chi connectivity index (χ1v) is 5.99. The third kappa shape index (κ3) is 2.77. The van der Waals surface area contributed by atoms with Gasteiger partial charge >= 0.3 is 0 Å². The van der Waals surface area contributed by atoms with Gasteiger partial charge in [-0.15, -0.1) is 0 Å². The molecule has 18 heavy (non-hydrogen) atoms. The molecule has 94 valence electrons. The number of carbonyl (C=O) groups is 1. The SMILES string of the molecule is Cc1ccccc1CCNC(=O)c1ccnn1C. The number of rotatable bonds is 4. The van der Waals surface area contributed by atoms with Crippen LogP contribution in [0.15, 0.2) is 36.5 Å². The number of nitrogens with zero attached hydrogens (tertiary/aromatic N) is 2. The predicted octanol–water partition coefficient (Wildman–Crippen LogP) is 1.70. The molecule has 1 N–H and O–H groups in total. The van der Waals surface area contributed by atoms with Crippen molar-refractivity contribution in [3.05, 3.63) is 53.3 Å². The highest BCUT2D eigenvalue weighted by Crippen LogP contribution is 2.07. The second-order valence-corrected chi connectivity index (χ2v) is 4.27. The summed E-state index contributed by atoms with van der Waals surface area (Å²) in [6.07, 6.45) is 2.46. The molecule has 0 aliphatic carbocycles. The molecule has 2 rings (SSSR count). The van der Waals surface area contributed by atoms with Gasteiger partial charge in [0.25, 0.3) is 5.91 Å². The number of amides is 1. The van der Waals surface area contributed by atoms with E-state index in [9.17, 15) is 4.79 Å². The number of carbonyl (C=O) groups excluding carboxylic acids is 1. The van der Waals surface area contributed by atoms with E-state index in [-0.39, 0.29) is 5.91 Å². The summed E-state index contributed by atoms with van der Waals surface area (Å²) in [4.78, 5) is 11.8. The Kier molecular flexibility index (Phi) is 3.77. The van der Waals surface area contributed by atoms with E-state index in [0.717, 1.165) is 6.42 Å². The first-order valence-electron chi connectivity index (χ1n) is 5.99. The van der Waals surface area contributed by atoms with Gasteiger partial charge < -0.3 is 5.32 Å². The molecule has 0 saturated carbocycles. The largest absolute Gasteiger partial charge is 0.350 e. The first kappa shape index (κ1) is 12.4. The van der Waals surface area contributed by atoms with Gasteiger partial charge in [0.15, 0.2) is 0 Å². The van der Waals surface area contributed by atoms with Crippen LogP contribution in [-0.4, -0.2) is 22.2 Å². The highest BCUT2D eigenvalue weighted by molar-refractivity contribution is 5.92. The van der Waals surface area contributed by atoms with Gasteiger partial charge in [-0.2, -0.15) is 5.10 Å². The molecule has 0 aliphatic heterocycles. The van der Waals surface area contributed by atoms with Crippen LogP contribution in [0.4, 0.5) is 0 Å². The molecule has 0 atom stereocenters. The Hall–Kier alpha value is -2.10. The van der Waals surface area contributed by atoms with Gasteiger partial charge in [0.05, 0.1) is 0 Å². The maximum absolute atomic E-state index is 11.8. The smallest absolute Gasteiger partial charge is 0.269 e. The minimum atomic E-state index is -0.0800. The highest BCUT2D eigenvalue weighted by atomic mass is 16.2. The predicted molar refractivity (Wildman–Crippen MR) is 70.4 cm³/mol. The zero-order valence-electron chi connectivity index (χ0n) is 10.7. The number of nitrogens with one attached hydrogen (secondary N) is 1. The molecule has 0 aliphatic rings. The monoisotopic (exact) mass is 243 g/mol. The van der Waals surface area contributed by atoms with E-state index < -0.39 is 0 Å². The lowest BCUT2D eigenvalue weighted by Gasteiger charge is -2.07. The van der Waals surface area contributed by atoms with Gasteiger partial charge in [-0.25, -0.2) is 0 Å². The minimum absolute atomic E-state index is 0.0800. The lowest BCUT2D eigenvalue weighted by atomic mass is 10.1. The van der Waals surface area contributed by atoms with Crippen LogP contribution in [0.25, 0.3) is 0 Å². The lowest BCUT2D eigenvalue weighted by Crippen LogP contribution is -2.27. The summed E-state index contributed by atoms with van der Waals surface area (Å²) in [5.41, 5.74) is 3.11. The van der Waals surface area contributed by atoms with E-state index in [2.05, 4.69) is 29.5 Å². The molecule has 0 spiro atoms. The summed E-state index contributed by atoms with van der Waals surface area (Å²) in [5, 5.41) is 6.88. The number of hydrogen-bond acceptors (Lipinski definition) is 2. The normalized spacial score (nSPS) is 10.3. The second kappa shape index (κ2) is 5.49. The molecule has 1 aromatic heterocycles. The molecule has 0 bridgehead atoms. The molecule has 1 heterocycles. The molecule has 2 aromatic rings. The average Bonchev–Trinajstić information content (AvgIpc) is 2.78. The van der Waals surface area contributed by atoms with Crippen LogP contribution in [0.1, 0.15) is 21.6 Å². The van der Waals surface area contributed by atoms with Crippen LogP contribution in [-0.2, 0) is 13.5 Å². The van der Waals surface area contributed by atoms with E-state index >= 15 is 0 Å². The Bertz CT molecular complexity index is 545. The molecule has 0 unspecified atom stereocenters.